The van der Waals surface area contributed by atoms with E-state index < -0.39 is 6.10 Å². The molecule has 0 bridgehead atoms. The molecule has 0 spiro atoms. The molecule has 0 radical (unpaired) electrons. The SMILES string of the molecule is CCCC(=O)OCC(COC)OC(=O)CCC. The Balaban J connectivity index is 3.96. The van der Waals surface area contributed by atoms with Gasteiger partial charge in [0.2, 0.25) is 0 Å². The molecule has 1 unspecified atom stereocenters. The third-order valence-corrected chi connectivity index (χ3v) is 1.99. The van der Waals surface area contributed by atoms with Gasteiger partial charge in [0, 0.05) is 20.0 Å². The molecule has 17 heavy (non-hydrogen) atoms. The van der Waals surface area contributed by atoms with Gasteiger partial charge in [-0.25, -0.2) is 0 Å². The van der Waals surface area contributed by atoms with Crippen molar-refractivity contribution >= 4 is 11.9 Å². The lowest BCUT2D eigenvalue weighted by Gasteiger charge is -2.16. The molecule has 0 aromatic rings. The third-order valence-electron chi connectivity index (χ3n) is 1.99. The fourth-order valence-corrected chi connectivity index (χ4v) is 1.21. The molecule has 100 valence electrons. The van der Waals surface area contributed by atoms with Gasteiger partial charge < -0.3 is 14.2 Å². The lowest BCUT2D eigenvalue weighted by atomic mass is 10.3. The number of methoxy groups -OCH3 is 1. The lowest BCUT2D eigenvalue weighted by Crippen LogP contribution is -2.29. The van der Waals surface area contributed by atoms with Crippen LogP contribution in [0.25, 0.3) is 0 Å². The number of carbonyl (C=O) groups is 2. The van der Waals surface area contributed by atoms with Crippen LogP contribution in [0.5, 0.6) is 0 Å². The maximum atomic E-state index is 11.3. The standard InChI is InChI=1S/C12H22O5/c1-4-6-11(13)16-9-10(8-15-3)17-12(14)7-5-2/h10H,4-9H2,1-3H3. The summed E-state index contributed by atoms with van der Waals surface area (Å²) in [5.74, 6) is -0.568. The maximum absolute atomic E-state index is 11.3. The Bertz CT molecular complexity index is 227. The number of ether oxygens (including phenoxy) is 3. The Morgan fingerprint density at radius 2 is 1.59 bits per heavy atom. The Labute approximate surface area is 102 Å². The molecule has 0 saturated carbocycles. The number of carbonyl (C=O) groups excluding carboxylic acids is 2. The minimum absolute atomic E-state index is 0.0577. The van der Waals surface area contributed by atoms with Gasteiger partial charge in [-0.15, -0.1) is 0 Å². The Morgan fingerprint density at radius 1 is 1.00 bits per heavy atom. The second-order valence-corrected chi connectivity index (χ2v) is 3.75. The summed E-state index contributed by atoms with van der Waals surface area (Å²) in [6.07, 6.45) is 1.70. The maximum Gasteiger partial charge on any atom is 0.306 e. The highest BCUT2D eigenvalue weighted by Gasteiger charge is 2.16. The van der Waals surface area contributed by atoms with Crippen LogP contribution in [0.4, 0.5) is 0 Å². The first-order valence-electron chi connectivity index (χ1n) is 5.98. The van der Waals surface area contributed by atoms with Crippen LogP contribution in [0.1, 0.15) is 39.5 Å². The fourth-order valence-electron chi connectivity index (χ4n) is 1.21. The van der Waals surface area contributed by atoms with Gasteiger partial charge in [0.1, 0.15) is 6.61 Å². The van der Waals surface area contributed by atoms with Gasteiger partial charge >= 0.3 is 11.9 Å². The molecule has 0 saturated heterocycles. The van der Waals surface area contributed by atoms with Crippen LogP contribution < -0.4 is 0 Å². The van der Waals surface area contributed by atoms with Gasteiger partial charge in [0.25, 0.3) is 0 Å². The van der Waals surface area contributed by atoms with Crippen molar-refractivity contribution in [2.45, 2.75) is 45.6 Å². The Hall–Kier alpha value is -1.10. The molecule has 0 heterocycles. The summed E-state index contributed by atoms with van der Waals surface area (Å²) in [5.41, 5.74) is 0. The normalized spacial score (nSPS) is 11.9. The highest BCUT2D eigenvalue weighted by Crippen LogP contribution is 2.01. The van der Waals surface area contributed by atoms with E-state index in [2.05, 4.69) is 0 Å². The van der Waals surface area contributed by atoms with E-state index in [4.69, 9.17) is 14.2 Å². The predicted molar refractivity (Wildman–Crippen MR) is 62.5 cm³/mol. The van der Waals surface area contributed by atoms with Crippen molar-refractivity contribution in [3.05, 3.63) is 0 Å². The van der Waals surface area contributed by atoms with E-state index >= 15 is 0 Å². The zero-order chi connectivity index (χ0) is 13.1. The molecule has 0 N–H and O–H groups in total. The highest BCUT2D eigenvalue weighted by atomic mass is 16.6. The number of hydrogen-bond donors (Lipinski definition) is 0. The van der Waals surface area contributed by atoms with Crippen molar-refractivity contribution in [2.75, 3.05) is 20.3 Å². The fraction of sp³-hybridized carbons (Fsp3) is 0.833. The van der Waals surface area contributed by atoms with Crippen LogP contribution in [-0.2, 0) is 23.8 Å². The summed E-state index contributed by atoms with van der Waals surface area (Å²) in [7, 11) is 1.51. The van der Waals surface area contributed by atoms with Crippen molar-refractivity contribution in [2.24, 2.45) is 0 Å². The smallest absolute Gasteiger partial charge is 0.306 e. The van der Waals surface area contributed by atoms with Crippen LogP contribution in [0.15, 0.2) is 0 Å². The molecule has 0 fully saturated rings. The largest absolute Gasteiger partial charge is 0.462 e. The third kappa shape index (κ3) is 8.68. The summed E-state index contributed by atoms with van der Waals surface area (Å²) < 4.78 is 15.0. The van der Waals surface area contributed by atoms with E-state index in [1.165, 1.54) is 7.11 Å². The predicted octanol–water partition coefficient (Wildman–Crippen LogP) is 1.69. The van der Waals surface area contributed by atoms with E-state index in [1.807, 2.05) is 13.8 Å². The first-order valence-corrected chi connectivity index (χ1v) is 5.98. The molecule has 0 aromatic carbocycles. The van der Waals surface area contributed by atoms with Gasteiger partial charge in [-0.05, 0) is 12.8 Å². The van der Waals surface area contributed by atoms with Crippen molar-refractivity contribution in [3.8, 4) is 0 Å². The van der Waals surface area contributed by atoms with Gasteiger partial charge in [0.05, 0.1) is 6.61 Å². The first kappa shape index (κ1) is 15.9. The summed E-state index contributed by atoms with van der Waals surface area (Å²) >= 11 is 0. The quantitative estimate of drug-likeness (QED) is 0.579. The van der Waals surface area contributed by atoms with Gasteiger partial charge in [0.15, 0.2) is 6.10 Å². The van der Waals surface area contributed by atoms with Crippen molar-refractivity contribution < 1.29 is 23.8 Å². The average Bonchev–Trinajstić information content (AvgIpc) is 2.27. The van der Waals surface area contributed by atoms with Gasteiger partial charge in [-0.3, -0.25) is 9.59 Å². The topological polar surface area (TPSA) is 61.8 Å². The molecule has 5 nitrogen and oxygen atoms in total. The molecular weight excluding hydrogens is 224 g/mol. The van der Waals surface area contributed by atoms with Crippen molar-refractivity contribution in [1.82, 2.24) is 0 Å². The molecule has 1 atom stereocenters. The zero-order valence-corrected chi connectivity index (χ0v) is 10.9. The van der Waals surface area contributed by atoms with E-state index in [9.17, 15) is 9.59 Å². The monoisotopic (exact) mass is 246 g/mol. The number of rotatable bonds is 9. The summed E-state index contributed by atoms with van der Waals surface area (Å²) in [6.45, 7) is 4.08. The Kier molecular flexibility index (Phi) is 9.43. The molecule has 5 heteroatoms. The zero-order valence-electron chi connectivity index (χ0n) is 10.9. The van der Waals surface area contributed by atoms with Crippen LogP contribution in [0, 0.1) is 0 Å². The van der Waals surface area contributed by atoms with Gasteiger partial charge in [-0.1, -0.05) is 13.8 Å². The molecule has 0 aliphatic carbocycles. The van der Waals surface area contributed by atoms with E-state index in [1.54, 1.807) is 0 Å². The molecule has 0 amide bonds. The molecule has 0 rings (SSSR count). The average molecular weight is 246 g/mol. The highest BCUT2D eigenvalue weighted by molar-refractivity contribution is 5.70. The van der Waals surface area contributed by atoms with Crippen LogP contribution in [0.3, 0.4) is 0 Å². The van der Waals surface area contributed by atoms with Crippen molar-refractivity contribution in [1.29, 1.82) is 0 Å². The summed E-state index contributed by atoms with van der Waals surface area (Å²) in [6, 6.07) is 0. The van der Waals surface area contributed by atoms with Crippen molar-refractivity contribution in [3.63, 3.8) is 0 Å². The first-order chi connectivity index (χ1) is 8.13. The van der Waals surface area contributed by atoms with Crippen LogP contribution in [-0.4, -0.2) is 38.4 Å². The second-order valence-electron chi connectivity index (χ2n) is 3.75. The summed E-state index contributed by atoms with van der Waals surface area (Å²) in [5, 5.41) is 0. The van der Waals surface area contributed by atoms with E-state index in [0.717, 1.165) is 12.8 Å². The lowest BCUT2D eigenvalue weighted by molar-refractivity contribution is -0.162. The van der Waals surface area contributed by atoms with Crippen LogP contribution in [0.2, 0.25) is 0 Å². The van der Waals surface area contributed by atoms with Crippen LogP contribution >= 0.6 is 0 Å². The number of esters is 2. The summed E-state index contributed by atoms with van der Waals surface area (Å²) in [4.78, 5) is 22.4. The minimum Gasteiger partial charge on any atom is -0.462 e. The molecular formula is C12H22O5. The minimum atomic E-state index is -0.514. The van der Waals surface area contributed by atoms with Gasteiger partial charge in [-0.2, -0.15) is 0 Å². The number of hydrogen-bond acceptors (Lipinski definition) is 5. The molecule has 0 aliphatic heterocycles. The molecule has 0 aliphatic rings. The molecule has 0 aromatic heterocycles. The van der Waals surface area contributed by atoms with E-state index in [-0.39, 0.29) is 25.2 Å². The second kappa shape index (κ2) is 10.1. The Morgan fingerprint density at radius 3 is 2.12 bits per heavy atom. The van der Waals surface area contributed by atoms with E-state index in [0.29, 0.717) is 12.8 Å².